The van der Waals surface area contributed by atoms with Crippen LogP contribution in [0.5, 0.6) is 5.88 Å². The molecule has 1 aliphatic heterocycles. The number of nitrogens with zero attached hydrogens (tertiary/aromatic N) is 4. The lowest BCUT2D eigenvalue weighted by Gasteiger charge is -2.37. The number of pyridine rings is 1. The number of aliphatic imine (C=N–C) groups is 1. The van der Waals surface area contributed by atoms with Gasteiger partial charge in [-0.2, -0.15) is 13.2 Å². The lowest BCUT2D eigenvalue weighted by Crippen LogP contribution is -2.48. The van der Waals surface area contributed by atoms with E-state index in [0.29, 0.717) is 51.0 Å². The zero-order valence-electron chi connectivity index (χ0n) is 27.0. The van der Waals surface area contributed by atoms with Crippen molar-refractivity contribution in [1.29, 1.82) is 0 Å². The fourth-order valence-corrected chi connectivity index (χ4v) is 5.47. The maximum absolute atomic E-state index is 13.3. The molecule has 0 aromatic carbocycles. The molecule has 1 aromatic rings. The normalized spacial score (nSPS) is 22.0. The van der Waals surface area contributed by atoms with Gasteiger partial charge in [0, 0.05) is 62.4 Å². The van der Waals surface area contributed by atoms with Gasteiger partial charge in [-0.1, -0.05) is 27.7 Å². The molecule has 3 atom stereocenters. The number of aromatic nitrogens is 1. The number of piperidine rings is 1. The van der Waals surface area contributed by atoms with Crippen molar-refractivity contribution in [2.75, 3.05) is 32.8 Å². The first kappa shape index (κ1) is 37.7. The Morgan fingerprint density at radius 2 is 1.82 bits per heavy atom. The van der Waals surface area contributed by atoms with Gasteiger partial charge < -0.3 is 25.4 Å². The van der Waals surface area contributed by atoms with Crippen LogP contribution < -0.4 is 10.5 Å². The minimum atomic E-state index is -4.56. The molecule has 10 nitrogen and oxygen atoms in total. The van der Waals surface area contributed by atoms with E-state index in [1.54, 1.807) is 16.7 Å². The molecule has 0 radical (unpaired) electrons. The summed E-state index contributed by atoms with van der Waals surface area (Å²) in [5, 5.41) is 7.99. The number of nitrogens with two attached hydrogens (primary N) is 1. The Balaban J connectivity index is 0.00000107. The van der Waals surface area contributed by atoms with Gasteiger partial charge in [-0.05, 0) is 50.7 Å². The van der Waals surface area contributed by atoms with Crippen molar-refractivity contribution in [2.24, 2.45) is 16.6 Å². The third-order valence-electron chi connectivity index (χ3n) is 7.89. The van der Waals surface area contributed by atoms with E-state index in [-0.39, 0.29) is 48.4 Å². The number of carbonyl (C=O) groups excluding carboxylic acids is 3. The van der Waals surface area contributed by atoms with Crippen molar-refractivity contribution in [1.82, 2.24) is 14.8 Å². The van der Waals surface area contributed by atoms with Gasteiger partial charge in [0.15, 0.2) is 5.78 Å². The van der Waals surface area contributed by atoms with Gasteiger partial charge in [0.2, 0.25) is 11.8 Å². The molecule has 2 heterocycles. The van der Waals surface area contributed by atoms with Crippen LogP contribution in [0.3, 0.4) is 0 Å². The number of likely N-dealkylation sites (tertiary alicyclic amines) is 1. The van der Waals surface area contributed by atoms with E-state index in [2.05, 4.69) is 9.98 Å². The second kappa shape index (κ2) is 17.9. The van der Waals surface area contributed by atoms with E-state index in [1.807, 2.05) is 27.7 Å². The molecule has 1 saturated carbocycles. The van der Waals surface area contributed by atoms with Gasteiger partial charge >= 0.3 is 6.18 Å². The molecule has 3 unspecified atom stereocenters. The highest BCUT2D eigenvalue weighted by atomic mass is 19.4. The second-order valence-corrected chi connectivity index (χ2v) is 11.4. The highest BCUT2D eigenvalue weighted by Crippen LogP contribution is 2.36. The molecule has 252 valence electrons. The van der Waals surface area contributed by atoms with E-state index >= 15 is 0 Å². The van der Waals surface area contributed by atoms with Crippen LogP contribution in [0.15, 0.2) is 34.6 Å². The Morgan fingerprint density at radius 1 is 1.16 bits per heavy atom. The number of hydrogen-bond donors (Lipinski definition) is 2. The fourth-order valence-electron chi connectivity index (χ4n) is 5.47. The van der Waals surface area contributed by atoms with Crippen molar-refractivity contribution in [3.8, 4) is 5.88 Å². The number of ether oxygens (including phenoxy) is 1. The summed E-state index contributed by atoms with van der Waals surface area (Å²) in [5.41, 5.74) is 7.12. The first-order valence-electron chi connectivity index (χ1n) is 15.7. The first-order valence-corrected chi connectivity index (χ1v) is 15.7. The number of halogens is 3. The van der Waals surface area contributed by atoms with E-state index in [0.717, 1.165) is 30.9 Å². The minimum Gasteiger partial charge on any atom is -0.474 e. The first-order chi connectivity index (χ1) is 21.3. The van der Waals surface area contributed by atoms with Crippen molar-refractivity contribution < 1.29 is 37.4 Å². The van der Waals surface area contributed by atoms with E-state index in [9.17, 15) is 27.6 Å². The molecule has 1 aliphatic carbocycles. The summed E-state index contributed by atoms with van der Waals surface area (Å²) in [5.74, 6) is -0.821. The maximum atomic E-state index is 13.3. The molecule has 13 heteroatoms. The highest BCUT2D eigenvalue weighted by molar-refractivity contribution is 6.09. The molecule has 45 heavy (non-hydrogen) atoms. The van der Waals surface area contributed by atoms with E-state index < -0.39 is 23.7 Å². The average Bonchev–Trinajstić information content (AvgIpc) is 3.38. The molecule has 3 N–H and O–H groups in total. The molecule has 0 spiro atoms. The monoisotopic (exact) mass is 639 g/mol. The number of rotatable bonds is 11. The Bertz CT molecular complexity index is 1210. The number of alkyl halides is 3. The number of aliphatic hydroxyl groups is 1. The Morgan fingerprint density at radius 3 is 2.36 bits per heavy atom. The van der Waals surface area contributed by atoms with Gasteiger partial charge in [-0.3, -0.25) is 19.4 Å². The summed E-state index contributed by atoms with van der Waals surface area (Å²) in [4.78, 5) is 47.9. The van der Waals surface area contributed by atoms with E-state index in [4.69, 9.17) is 15.6 Å². The number of Topliss-reactive ketones (excluding diaryl/α,β-unsaturated/α-hetero) is 1. The van der Waals surface area contributed by atoms with Crippen molar-refractivity contribution in [2.45, 2.75) is 97.9 Å². The molecular weight excluding hydrogens is 591 g/mol. The topological polar surface area (TPSA) is 138 Å². The molecular formula is C32H48F3N5O5. The number of hydrogen-bond acceptors (Lipinski definition) is 8. The number of aliphatic hydroxyl groups excluding tert-OH is 1. The van der Waals surface area contributed by atoms with Crippen molar-refractivity contribution in [3.05, 3.63) is 35.2 Å². The second-order valence-electron chi connectivity index (χ2n) is 11.4. The van der Waals surface area contributed by atoms with Crippen molar-refractivity contribution >= 4 is 23.3 Å². The predicted molar refractivity (Wildman–Crippen MR) is 166 cm³/mol. The summed E-state index contributed by atoms with van der Waals surface area (Å²) in [6, 6.07) is 1.93. The molecule has 1 aromatic heterocycles. The van der Waals surface area contributed by atoms with Crippen LogP contribution in [0.4, 0.5) is 13.2 Å². The summed E-state index contributed by atoms with van der Waals surface area (Å²) in [6.07, 6.45) is 0.557. The van der Waals surface area contributed by atoms with Crippen LogP contribution in [0.1, 0.15) is 85.1 Å². The summed E-state index contributed by atoms with van der Waals surface area (Å²) in [6.45, 7) is 10.8. The molecule has 0 bridgehead atoms. The lowest BCUT2D eigenvalue weighted by molar-refractivity contribution is -0.140. The fraction of sp³-hybridized carbons (Fsp3) is 0.656. The number of ketones is 1. The largest absolute Gasteiger partial charge is 0.474 e. The summed E-state index contributed by atoms with van der Waals surface area (Å²) in [7, 11) is 0. The van der Waals surface area contributed by atoms with Crippen molar-refractivity contribution in [3.63, 3.8) is 0 Å². The van der Waals surface area contributed by atoms with Crippen LogP contribution in [-0.4, -0.2) is 88.1 Å². The molecule has 3 rings (SSSR count). The smallest absolute Gasteiger partial charge is 0.421 e. The number of carbonyl (C=O) groups is 3. The number of amides is 2. The maximum Gasteiger partial charge on any atom is 0.421 e. The van der Waals surface area contributed by atoms with E-state index in [1.165, 1.54) is 12.3 Å². The summed E-state index contributed by atoms with van der Waals surface area (Å²) >= 11 is 0. The van der Waals surface area contributed by atoms with Crippen LogP contribution in [-0.2, 0) is 20.6 Å². The Labute approximate surface area is 263 Å². The molecule has 2 aliphatic rings. The van der Waals surface area contributed by atoms with Crippen LogP contribution in [0, 0.1) is 5.92 Å². The van der Waals surface area contributed by atoms with Gasteiger partial charge in [0.1, 0.15) is 30.5 Å². The lowest BCUT2D eigenvalue weighted by atomic mass is 10.00. The van der Waals surface area contributed by atoms with Gasteiger partial charge in [0.05, 0.1) is 0 Å². The zero-order chi connectivity index (χ0) is 33.7. The highest BCUT2D eigenvalue weighted by Gasteiger charge is 2.37. The Kier molecular flexibility index (Phi) is 15.0. The number of allylic oxidation sites excluding steroid dienone is 1. The predicted octanol–water partition coefficient (Wildman–Crippen LogP) is 4.55. The third kappa shape index (κ3) is 10.8. The molecule has 2 amide bonds. The van der Waals surface area contributed by atoms with Crippen LogP contribution in [0.25, 0.3) is 0 Å². The molecule has 2 fully saturated rings. The standard InChI is InChI=1S/C28H40F3N5O3.C4H8O2/c1-5-13-35(14-6-2)27(38)25(32)24-18(3)9-10-22(24)34-17-23(37)36-15-11-20(16-19(36)4)39-26-21(28(29,30)31)8-7-12-33-26;1-2-4(6)3-5/h7-8,12,18-20H,5-6,9-11,13-17,32H2,1-4H3;5H,2-3H2,1H3/b25-24-,34-22?;. The summed E-state index contributed by atoms with van der Waals surface area (Å²) < 4.78 is 45.5. The van der Waals surface area contributed by atoms with Gasteiger partial charge in [-0.15, -0.1) is 0 Å². The minimum absolute atomic E-state index is 0.0744. The zero-order valence-corrected chi connectivity index (χ0v) is 27.0. The van der Waals surface area contributed by atoms with Gasteiger partial charge in [-0.25, -0.2) is 4.98 Å². The quantitative estimate of drug-likeness (QED) is 0.339. The average molecular weight is 640 g/mol. The van der Waals surface area contributed by atoms with Crippen LogP contribution in [0.2, 0.25) is 0 Å². The van der Waals surface area contributed by atoms with Gasteiger partial charge in [0.25, 0.3) is 5.91 Å². The van der Waals surface area contributed by atoms with Crippen LogP contribution >= 0.6 is 0 Å². The SMILES string of the molecule is CCC(=O)CO.CCCN(CCC)C(=O)/C(N)=C1/C(=NCC(=O)N2CCC(Oc3ncccc3C(F)(F)F)CC2C)CCC1C. The molecule has 1 saturated heterocycles. The Hall–Kier alpha value is -3.48. The third-order valence-corrected chi connectivity index (χ3v) is 7.89.